The molecule has 1 fully saturated rings. The summed E-state index contributed by atoms with van der Waals surface area (Å²) in [7, 11) is 1.32. The van der Waals surface area contributed by atoms with Gasteiger partial charge in [0.15, 0.2) is 0 Å². The third kappa shape index (κ3) is 1.98. The minimum Gasteiger partial charge on any atom is -0.399 e. The lowest BCUT2D eigenvalue weighted by molar-refractivity contribution is 0.00578. The lowest BCUT2D eigenvalue weighted by Gasteiger charge is -2.32. The van der Waals surface area contributed by atoms with Crippen LogP contribution in [0.4, 0.5) is 0 Å². The Bertz CT molecular complexity index is 438. The summed E-state index contributed by atoms with van der Waals surface area (Å²) in [6.07, 6.45) is 1.09. The Morgan fingerprint density at radius 3 is 2.22 bits per heavy atom. The first-order valence-corrected chi connectivity index (χ1v) is 6.21. The summed E-state index contributed by atoms with van der Waals surface area (Å²) >= 11 is 0. The number of aliphatic hydroxyl groups is 1. The van der Waals surface area contributed by atoms with Gasteiger partial charge in [0.1, 0.15) is 0 Å². The summed E-state index contributed by atoms with van der Waals surface area (Å²) in [4.78, 5) is 0. The quantitative estimate of drug-likeness (QED) is 0.790. The van der Waals surface area contributed by atoms with Crippen molar-refractivity contribution < 1.29 is 14.4 Å². The number of hydrogen-bond acceptors (Lipinski definition) is 4. The van der Waals surface area contributed by atoms with Gasteiger partial charge in [0.25, 0.3) is 0 Å². The molecule has 1 unspecified atom stereocenters. The van der Waals surface area contributed by atoms with Crippen molar-refractivity contribution in [3.05, 3.63) is 11.9 Å². The Morgan fingerprint density at radius 1 is 1.28 bits per heavy atom. The zero-order valence-corrected chi connectivity index (χ0v) is 11.9. The Labute approximate surface area is 108 Å². The van der Waals surface area contributed by atoms with E-state index in [1.807, 2.05) is 27.7 Å². The number of aromatic nitrogens is 2. The standard InChI is InChI=1S/C12H21BN2O3/c1-8(16)10-9(7-14-15(10)6)13-17-11(2,3)12(4,5)18-13/h7-8,16H,1-6H3. The third-order valence-electron chi connectivity index (χ3n) is 3.92. The van der Waals surface area contributed by atoms with Crippen molar-refractivity contribution in [2.75, 3.05) is 0 Å². The fourth-order valence-corrected chi connectivity index (χ4v) is 2.13. The normalized spacial score (nSPS) is 23.4. The second-order valence-corrected chi connectivity index (χ2v) is 5.87. The number of hydrogen-bond donors (Lipinski definition) is 1. The van der Waals surface area contributed by atoms with Crippen LogP contribution >= 0.6 is 0 Å². The van der Waals surface area contributed by atoms with Crippen molar-refractivity contribution in [1.29, 1.82) is 0 Å². The largest absolute Gasteiger partial charge is 0.498 e. The molecule has 0 radical (unpaired) electrons. The molecule has 5 nitrogen and oxygen atoms in total. The van der Waals surface area contributed by atoms with Crippen LogP contribution in [0.5, 0.6) is 0 Å². The average molecular weight is 252 g/mol. The molecule has 1 aromatic heterocycles. The van der Waals surface area contributed by atoms with Crippen LogP contribution in [0.15, 0.2) is 6.20 Å². The Hall–Kier alpha value is -0.845. The van der Waals surface area contributed by atoms with Crippen molar-refractivity contribution in [3.8, 4) is 0 Å². The monoisotopic (exact) mass is 252 g/mol. The molecule has 6 heteroatoms. The molecule has 0 aromatic carbocycles. The summed E-state index contributed by atoms with van der Waals surface area (Å²) in [6.45, 7) is 9.74. The lowest BCUT2D eigenvalue weighted by Crippen LogP contribution is -2.41. The minimum atomic E-state index is -0.605. The van der Waals surface area contributed by atoms with E-state index in [0.717, 1.165) is 11.2 Å². The lowest BCUT2D eigenvalue weighted by atomic mass is 9.78. The summed E-state index contributed by atoms with van der Waals surface area (Å²) < 4.78 is 13.6. The highest BCUT2D eigenvalue weighted by atomic mass is 16.7. The second-order valence-electron chi connectivity index (χ2n) is 5.87. The zero-order valence-electron chi connectivity index (χ0n) is 11.9. The van der Waals surface area contributed by atoms with Gasteiger partial charge >= 0.3 is 7.12 Å². The van der Waals surface area contributed by atoms with Crippen molar-refractivity contribution in [1.82, 2.24) is 9.78 Å². The molecule has 0 bridgehead atoms. The van der Waals surface area contributed by atoms with E-state index in [2.05, 4.69) is 5.10 Å². The van der Waals surface area contributed by atoms with Crippen molar-refractivity contribution in [2.24, 2.45) is 7.05 Å². The van der Waals surface area contributed by atoms with Gasteiger partial charge in [-0.05, 0) is 34.6 Å². The molecule has 0 spiro atoms. The molecule has 2 heterocycles. The number of nitrogens with zero attached hydrogens (tertiary/aromatic N) is 2. The van der Waals surface area contributed by atoms with E-state index < -0.39 is 13.2 Å². The summed E-state index contributed by atoms with van der Waals surface area (Å²) in [5.41, 5.74) is 0.757. The molecule has 1 saturated heterocycles. The molecule has 1 aliphatic heterocycles. The molecule has 1 aromatic rings. The summed E-state index contributed by atoms with van der Waals surface area (Å²) in [5, 5.41) is 14.0. The molecule has 0 amide bonds. The van der Waals surface area contributed by atoms with E-state index in [1.54, 1.807) is 24.9 Å². The smallest absolute Gasteiger partial charge is 0.399 e. The number of aryl methyl sites for hydroxylation is 1. The third-order valence-corrected chi connectivity index (χ3v) is 3.92. The van der Waals surface area contributed by atoms with Gasteiger partial charge in [-0.2, -0.15) is 5.10 Å². The fourth-order valence-electron chi connectivity index (χ4n) is 2.13. The highest BCUT2D eigenvalue weighted by Crippen LogP contribution is 2.36. The van der Waals surface area contributed by atoms with Gasteiger partial charge < -0.3 is 14.4 Å². The molecule has 0 aliphatic carbocycles. The SMILES string of the molecule is CC(O)c1c(B2OC(C)(C)C(C)(C)O2)cnn1C. The first-order valence-electron chi connectivity index (χ1n) is 6.21. The fraction of sp³-hybridized carbons (Fsp3) is 0.750. The molecular formula is C12H21BN2O3. The van der Waals surface area contributed by atoms with Crippen LogP contribution < -0.4 is 5.46 Å². The molecule has 2 rings (SSSR count). The molecule has 1 aliphatic rings. The predicted molar refractivity (Wildman–Crippen MR) is 69.6 cm³/mol. The Kier molecular flexibility index (Phi) is 3.08. The molecular weight excluding hydrogens is 231 g/mol. The Balaban J connectivity index is 2.36. The Morgan fingerprint density at radius 2 is 1.78 bits per heavy atom. The first-order chi connectivity index (χ1) is 8.16. The van der Waals surface area contributed by atoms with Crippen LogP contribution in [0.25, 0.3) is 0 Å². The van der Waals surface area contributed by atoms with E-state index in [9.17, 15) is 5.11 Å². The van der Waals surface area contributed by atoms with Crippen LogP contribution in [0.3, 0.4) is 0 Å². The first kappa shape index (κ1) is 13.6. The number of rotatable bonds is 2. The van der Waals surface area contributed by atoms with Crippen molar-refractivity contribution >= 4 is 12.6 Å². The van der Waals surface area contributed by atoms with Crippen LogP contribution in [-0.4, -0.2) is 33.2 Å². The van der Waals surface area contributed by atoms with E-state index >= 15 is 0 Å². The maximum Gasteiger partial charge on any atom is 0.498 e. The van der Waals surface area contributed by atoms with Gasteiger partial charge in [-0.25, -0.2) is 0 Å². The highest BCUT2D eigenvalue weighted by molar-refractivity contribution is 6.62. The maximum atomic E-state index is 9.82. The van der Waals surface area contributed by atoms with Crippen LogP contribution in [0, 0.1) is 0 Å². The second kappa shape index (κ2) is 4.08. The topological polar surface area (TPSA) is 56.5 Å². The van der Waals surface area contributed by atoms with Crippen molar-refractivity contribution in [2.45, 2.75) is 51.9 Å². The van der Waals surface area contributed by atoms with Gasteiger partial charge in [-0.15, -0.1) is 0 Å². The van der Waals surface area contributed by atoms with Crippen LogP contribution in [0.2, 0.25) is 0 Å². The molecule has 100 valence electrons. The van der Waals surface area contributed by atoms with E-state index in [4.69, 9.17) is 9.31 Å². The van der Waals surface area contributed by atoms with Gasteiger partial charge in [0.05, 0.1) is 23.0 Å². The van der Waals surface area contributed by atoms with Crippen LogP contribution in [0.1, 0.15) is 46.4 Å². The van der Waals surface area contributed by atoms with Gasteiger partial charge in [0, 0.05) is 18.7 Å². The van der Waals surface area contributed by atoms with Gasteiger partial charge in [-0.1, -0.05) is 0 Å². The highest BCUT2D eigenvalue weighted by Gasteiger charge is 2.52. The van der Waals surface area contributed by atoms with E-state index in [1.165, 1.54) is 0 Å². The van der Waals surface area contributed by atoms with Crippen LogP contribution in [-0.2, 0) is 16.4 Å². The average Bonchev–Trinajstić information content (AvgIpc) is 2.66. The summed E-state index contributed by atoms with van der Waals surface area (Å²) in [6, 6.07) is 0. The zero-order chi connectivity index (χ0) is 13.7. The molecule has 1 N–H and O–H groups in total. The van der Waals surface area contributed by atoms with E-state index in [0.29, 0.717) is 0 Å². The minimum absolute atomic E-state index is 0.385. The predicted octanol–water partition coefficient (Wildman–Crippen LogP) is 0.773. The molecule has 0 saturated carbocycles. The van der Waals surface area contributed by atoms with Gasteiger partial charge in [-0.3, -0.25) is 4.68 Å². The molecule has 1 atom stereocenters. The van der Waals surface area contributed by atoms with Crippen molar-refractivity contribution in [3.63, 3.8) is 0 Å². The molecule has 18 heavy (non-hydrogen) atoms. The summed E-state index contributed by atoms with van der Waals surface area (Å²) in [5.74, 6) is 0. The maximum absolute atomic E-state index is 9.82. The van der Waals surface area contributed by atoms with E-state index in [-0.39, 0.29) is 11.2 Å². The van der Waals surface area contributed by atoms with Gasteiger partial charge in [0.2, 0.25) is 0 Å². The number of aliphatic hydroxyl groups excluding tert-OH is 1.